The molecule has 5 nitrogen and oxygen atoms in total. The molecule has 0 aliphatic carbocycles. The van der Waals surface area contributed by atoms with E-state index < -0.39 is 21.7 Å². The minimum Gasteiger partial charge on any atom is -0.322 e. The van der Waals surface area contributed by atoms with Gasteiger partial charge in [0.05, 0.1) is 9.92 Å². The van der Waals surface area contributed by atoms with Crippen LogP contribution < -0.4 is 5.32 Å². The highest BCUT2D eigenvalue weighted by Crippen LogP contribution is 2.22. The summed E-state index contributed by atoms with van der Waals surface area (Å²) in [5.74, 6) is -1.10. The SMILES string of the molecule is Cc1ccc(S(=O)(=O)N(C)C)cc1C(=O)Nc1ccc(F)c(Cl)c1. The lowest BCUT2D eigenvalue weighted by atomic mass is 10.1. The van der Waals surface area contributed by atoms with E-state index in [0.717, 1.165) is 10.4 Å². The van der Waals surface area contributed by atoms with Crippen LogP contribution in [0.2, 0.25) is 5.02 Å². The average molecular weight is 371 g/mol. The standard InChI is InChI=1S/C16H16ClFN2O3S/c1-10-4-6-12(24(22,23)20(2)3)9-13(10)16(21)19-11-5-7-15(18)14(17)8-11/h4-9H,1-3H3,(H,19,21). The number of hydrogen-bond donors (Lipinski definition) is 1. The molecular weight excluding hydrogens is 355 g/mol. The zero-order valence-electron chi connectivity index (χ0n) is 13.3. The van der Waals surface area contributed by atoms with Crippen molar-refractivity contribution < 1.29 is 17.6 Å². The summed E-state index contributed by atoms with van der Waals surface area (Å²) >= 11 is 5.68. The van der Waals surface area contributed by atoms with Gasteiger partial charge >= 0.3 is 0 Å². The molecule has 0 heterocycles. The smallest absolute Gasteiger partial charge is 0.255 e. The number of hydrogen-bond acceptors (Lipinski definition) is 3. The van der Waals surface area contributed by atoms with E-state index in [2.05, 4.69) is 5.32 Å². The summed E-state index contributed by atoms with van der Waals surface area (Å²) in [5, 5.41) is 2.46. The molecule has 1 N–H and O–H groups in total. The monoisotopic (exact) mass is 370 g/mol. The molecule has 128 valence electrons. The van der Waals surface area contributed by atoms with Crippen LogP contribution in [0.3, 0.4) is 0 Å². The molecule has 0 saturated heterocycles. The molecule has 0 atom stereocenters. The number of sulfonamides is 1. The van der Waals surface area contributed by atoms with Gasteiger partial charge in [-0.1, -0.05) is 17.7 Å². The van der Waals surface area contributed by atoms with Gasteiger partial charge in [0, 0.05) is 25.3 Å². The highest BCUT2D eigenvalue weighted by atomic mass is 35.5. The van der Waals surface area contributed by atoms with Crippen molar-refractivity contribution >= 4 is 33.2 Å². The number of amides is 1. The number of anilines is 1. The summed E-state index contributed by atoms with van der Waals surface area (Å²) in [6, 6.07) is 8.10. The lowest BCUT2D eigenvalue weighted by Gasteiger charge is -2.14. The van der Waals surface area contributed by atoms with Crippen LogP contribution in [0.25, 0.3) is 0 Å². The van der Waals surface area contributed by atoms with Crippen molar-refractivity contribution in [3.05, 3.63) is 58.4 Å². The highest BCUT2D eigenvalue weighted by molar-refractivity contribution is 7.89. The molecule has 2 aromatic carbocycles. The summed E-state index contributed by atoms with van der Waals surface area (Å²) in [6.07, 6.45) is 0. The van der Waals surface area contributed by atoms with Crippen LogP contribution in [-0.2, 0) is 10.0 Å². The molecule has 0 spiro atoms. The number of rotatable bonds is 4. The van der Waals surface area contributed by atoms with Crippen LogP contribution in [0.5, 0.6) is 0 Å². The molecule has 2 rings (SSSR count). The van der Waals surface area contributed by atoms with E-state index in [1.165, 1.54) is 38.4 Å². The fraction of sp³-hybridized carbons (Fsp3) is 0.188. The maximum atomic E-state index is 13.2. The molecule has 8 heteroatoms. The molecule has 0 radical (unpaired) electrons. The Morgan fingerprint density at radius 2 is 1.83 bits per heavy atom. The van der Waals surface area contributed by atoms with Crippen molar-refractivity contribution in [3.8, 4) is 0 Å². The van der Waals surface area contributed by atoms with Gasteiger partial charge in [0.15, 0.2) is 0 Å². The minimum absolute atomic E-state index is 0.0142. The van der Waals surface area contributed by atoms with Gasteiger partial charge in [0.2, 0.25) is 10.0 Å². The lowest BCUT2D eigenvalue weighted by molar-refractivity contribution is 0.102. The Kier molecular flexibility index (Phi) is 5.27. The number of nitrogens with one attached hydrogen (secondary N) is 1. The Labute approximate surface area is 145 Å². The van der Waals surface area contributed by atoms with Gasteiger partial charge in [0.25, 0.3) is 5.91 Å². The van der Waals surface area contributed by atoms with E-state index in [1.807, 2.05) is 0 Å². The van der Waals surface area contributed by atoms with E-state index >= 15 is 0 Å². The first-order chi connectivity index (χ1) is 11.1. The quantitative estimate of drug-likeness (QED) is 0.898. The Bertz CT molecular complexity index is 898. The van der Waals surface area contributed by atoms with Gasteiger partial charge in [-0.15, -0.1) is 0 Å². The summed E-state index contributed by atoms with van der Waals surface area (Å²) in [5.41, 5.74) is 1.13. The normalized spacial score (nSPS) is 11.6. The fourth-order valence-electron chi connectivity index (χ4n) is 1.99. The molecule has 0 aliphatic rings. The summed E-state index contributed by atoms with van der Waals surface area (Å²) in [7, 11) is -0.828. The second-order valence-electron chi connectivity index (χ2n) is 5.35. The van der Waals surface area contributed by atoms with Crippen LogP contribution >= 0.6 is 11.6 Å². The minimum atomic E-state index is -3.65. The molecule has 0 saturated carbocycles. The number of halogens is 2. The van der Waals surface area contributed by atoms with Gasteiger partial charge in [-0.2, -0.15) is 0 Å². The number of carbonyl (C=O) groups is 1. The number of benzene rings is 2. The summed E-state index contributed by atoms with van der Waals surface area (Å²) in [6.45, 7) is 1.69. The first-order valence-corrected chi connectivity index (χ1v) is 8.74. The predicted molar refractivity (Wildman–Crippen MR) is 91.4 cm³/mol. The van der Waals surface area contributed by atoms with E-state index in [9.17, 15) is 17.6 Å². The molecule has 24 heavy (non-hydrogen) atoms. The highest BCUT2D eigenvalue weighted by Gasteiger charge is 2.20. The van der Waals surface area contributed by atoms with E-state index in [0.29, 0.717) is 11.3 Å². The first-order valence-electron chi connectivity index (χ1n) is 6.92. The van der Waals surface area contributed by atoms with Gasteiger partial charge < -0.3 is 5.32 Å². The Morgan fingerprint density at radius 1 is 1.17 bits per heavy atom. The molecule has 0 aliphatic heterocycles. The largest absolute Gasteiger partial charge is 0.322 e. The molecule has 2 aromatic rings. The van der Waals surface area contributed by atoms with Crippen LogP contribution in [-0.4, -0.2) is 32.7 Å². The number of carbonyl (C=O) groups excluding carboxylic acids is 1. The molecule has 1 amide bonds. The maximum absolute atomic E-state index is 13.2. The van der Waals surface area contributed by atoms with Crippen LogP contribution in [0.1, 0.15) is 15.9 Å². The zero-order chi connectivity index (χ0) is 18.1. The van der Waals surface area contributed by atoms with Crippen molar-refractivity contribution in [2.75, 3.05) is 19.4 Å². The Balaban J connectivity index is 2.37. The second-order valence-corrected chi connectivity index (χ2v) is 7.91. The van der Waals surface area contributed by atoms with Crippen molar-refractivity contribution in [2.24, 2.45) is 0 Å². The molecule has 0 aromatic heterocycles. The van der Waals surface area contributed by atoms with Crippen molar-refractivity contribution in [3.63, 3.8) is 0 Å². The third-order valence-electron chi connectivity index (χ3n) is 3.41. The van der Waals surface area contributed by atoms with Crippen molar-refractivity contribution in [2.45, 2.75) is 11.8 Å². The van der Waals surface area contributed by atoms with Crippen LogP contribution in [0.4, 0.5) is 10.1 Å². The number of aryl methyl sites for hydroxylation is 1. The zero-order valence-corrected chi connectivity index (χ0v) is 14.9. The van der Waals surface area contributed by atoms with Gasteiger partial charge in [-0.3, -0.25) is 4.79 Å². The van der Waals surface area contributed by atoms with Crippen molar-refractivity contribution in [1.82, 2.24) is 4.31 Å². The Morgan fingerprint density at radius 3 is 2.42 bits per heavy atom. The van der Waals surface area contributed by atoms with E-state index in [-0.39, 0.29) is 15.5 Å². The summed E-state index contributed by atoms with van der Waals surface area (Å²) in [4.78, 5) is 12.4. The third kappa shape index (κ3) is 3.75. The molecule has 0 unspecified atom stereocenters. The van der Waals surface area contributed by atoms with Gasteiger partial charge in [0.1, 0.15) is 5.82 Å². The summed E-state index contributed by atoms with van der Waals surface area (Å²) < 4.78 is 38.6. The Hall–Kier alpha value is -1.96. The second kappa shape index (κ2) is 6.88. The first kappa shape index (κ1) is 18.4. The van der Waals surface area contributed by atoms with Gasteiger partial charge in [-0.25, -0.2) is 17.1 Å². The van der Waals surface area contributed by atoms with E-state index in [4.69, 9.17) is 11.6 Å². The topological polar surface area (TPSA) is 66.5 Å². The van der Waals surface area contributed by atoms with Crippen molar-refractivity contribution in [1.29, 1.82) is 0 Å². The fourth-order valence-corrected chi connectivity index (χ4v) is 3.10. The molecule has 0 bridgehead atoms. The lowest BCUT2D eigenvalue weighted by Crippen LogP contribution is -2.23. The van der Waals surface area contributed by atoms with Crippen LogP contribution in [0, 0.1) is 12.7 Å². The van der Waals surface area contributed by atoms with E-state index in [1.54, 1.807) is 13.0 Å². The molecular formula is C16H16ClFN2O3S. The third-order valence-corrected chi connectivity index (χ3v) is 5.51. The molecule has 0 fully saturated rings. The number of nitrogens with zero attached hydrogens (tertiary/aromatic N) is 1. The maximum Gasteiger partial charge on any atom is 0.255 e. The van der Waals surface area contributed by atoms with Crippen LogP contribution in [0.15, 0.2) is 41.3 Å². The average Bonchev–Trinajstić information content (AvgIpc) is 2.51. The van der Waals surface area contributed by atoms with Gasteiger partial charge in [-0.05, 0) is 42.8 Å². The predicted octanol–water partition coefficient (Wildman–Crippen LogP) is 3.29.